The smallest absolute Gasteiger partial charge is 0.324 e. The van der Waals surface area contributed by atoms with Gasteiger partial charge in [0.1, 0.15) is 18.1 Å². The lowest BCUT2D eigenvalue weighted by atomic mass is 9.84. The molecule has 4 aromatic rings. The number of nitrogens with zero attached hydrogens (tertiary/aromatic N) is 8. The molecule has 0 saturated carbocycles. The normalized spacial score (nSPS) is 20.2. The number of rotatable bonds is 10. The standard InChI is InChI=1S/C51H68N10O7S.4H2S/c1-10-43(62)59-27-34(28-59)57-20-22-58(23-21-57)50(66)56(8)45(31(3)4)47(63)54-39-25-42-53-40(29-69-42)33-16-17-41-36(24-33)37(46(60(41)11-2)35-14-12-18-52-44(35)32(5)67-9)26-51(6,7)30-68-49(65)38-15-13-19-61(55-38)48(39)64;;;;/h10,12,14,16-18,24,29,31-32,34,38-39,45,55H,1,11,13,15,19-23,25-28,30H2,2-9H3,(H,54,63);4*1H2/t32-,38-,39-,45-;;;;/m0..../s1. The minimum absolute atomic E-state index is 0. The van der Waals surface area contributed by atoms with Gasteiger partial charge in [0.05, 0.1) is 34.8 Å². The van der Waals surface area contributed by atoms with Crippen LogP contribution in [0.4, 0.5) is 4.79 Å². The predicted octanol–water partition coefficient (Wildman–Crippen LogP) is 5.74. The van der Waals surface area contributed by atoms with Crippen LogP contribution in [0.1, 0.15) is 76.8 Å². The van der Waals surface area contributed by atoms with Gasteiger partial charge in [-0.25, -0.2) is 15.2 Å². The number of cyclic esters (lactones) is 1. The zero-order valence-corrected chi connectivity index (χ0v) is 48.1. The number of piperazine rings is 1. The summed E-state index contributed by atoms with van der Waals surface area (Å²) in [4.78, 5) is 86.5. The van der Waals surface area contributed by atoms with Crippen molar-refractivity contribution in [1.29, 1.82) is 0 Å². The van der Waals surface area contributed by atoms with Crippen molar-refractivity contribution in [2.24, 2.45) is 11.3 Å². The summed E-state index contributed by atoms with van der Waals surface area (Å²) < 4.78 is 14.3. The van der Waals surface area contributed by atoms with Gasteiger partial charge in [-0.2, -0.15) is 54.0 Å². The fourth-order valence-electron chi connectivity index (χ4n) is 10.4. The number of benzene rings is 1. The summed E-state index contributed by atoms with van der Waals surface area (Å²) in [5, 5.41) is 8.18. The van der Waals surface area contributed by atoms with E-state index in [1.54, 1.807) is 30.2 Å². The Kier molecular flexibility index (Phi) is 21.8. The molecule has 0 unspecified atom stereocenters. The number of likely N-dealkylation sites (tertiary alicyclic amines) is 1. The number of carbonyl (C=O) groups is 5. The Labute approximate surface area is 461 Å². The quantitative estimate of drug-likeness (QED) is 0.146. The highest BCUT2D eigenvalue weighted by Crippen LogP contribution is 2.42. The zero-order valence-electron chi connectivity index (χ0n) is 43.3. The minimum atomic E-state index is -1.07. The van der Waals surface area contributed by atoms with Crippen molar-refractivity contribution in [3.05, 3.63) is 70.8 Å². The summed E-state index contributed by atoms with van der Waals surface area (Å²) in [5.41, 5.74) is 9.31. The number of aromatic nitrogens is 3. The molecule has 0 aliphatic carbocycles. The van der Waals surface area contributed by atoms with E-state index in [0.29, 0.717) is 76.6 Å². The molecular formula is C51H76N10O7S5. The molecule has 4 atom stereocenters. The number of aryl methyl sites for hydroxylation is 1. The third-order valence-electron chi connectivity index (χ3n) is 14.2. The second-order valence-electron chi connectivity index (χ2n) is 20.0. The summed E-state index contributed by atoms with van der Waals surface area (Å²) in [6.45, 7) is 20.4. The largest absolute Gasteiger partial charge is 0.464 e. The second-order valence-corrected chi connectivity index (χ2v) is 20.9. The van der Waals surface area contributed by atoms with E-state index in [9.17, 15) is 24.0 Å². The zero-order chi connectivity index (χ0) is 49.3. The van der Waals surface area contributed by atoms with E-state index in [4.69, 9.17) is 19.4 Å². The highest BCUT2D eigenvalue weighted by atomic mass is 32.1. The molecule has 0 radical (unpaired) electrons. The Bertz CT molecular complexity index is 2600. The van der Waals surface area contributed by atoms with Gasteiger partial charge in [0.15, 0.2) is 0 Å². The van der Waals surface area contributed by atoms with Crippen LogP contribution in [0, 0.1) is 11.3 Å². The number of carbonyl (C=O) groups excluding carboxylic acids is 5. The van der Waals surface area contributed by atoms with Gasteiger partial charge in [0.25, 0.3) is 5.91 Å². The van der Waals surface area contributed by atoms with Gasteiger partial charge < -0.3 is 34.1 Å². The van der Waals surface area contributed by atoms with E-state index in [0.717, 1.165) is 44.7 Å². The number of hydrazine groups is 1. The van der Waals surface area contributed by atoms with Gasteiger partial charge in [0, 0.05) is 118 Å². The van der Waals surface area contributed by atoms with Crippen LogP contribution in [0.5, 0.6) is 0 Å². The number of ether oxygens (including phenoxy) is 2. The lowest BCUT2D eigenvalue weighted by molar-refractivity contribution is -0.155. The number of urea groups is 1. The molecule has 0 spiro atoms. The Hall–Kier alpha value is -4.29. The fraction of sp³-hybridized carbons (Fsp3) is 0.549. The molecule has 6 bridgehead atoms. The second kappa shape index (κ2) is 26.0. The van der Waals surface area contributed by atoms with E-state index >= 15 is 0 Å². The molecule has 3 aromatic heterocycles. The van der Waals surface area contributed by atoms with E-state index < -0.39 is 41.3 Å². The molecule has 4 aliphatic rings. The first-order valence-electron chi connectivity index (χ1n) is 24.3. The third kappa shape index (κ3) is 13.0. The third-order valence-corrected chi connectivity index (χ3v) is 15.1. The molecule has 3 saturated heterocycles. The fourth-order valence-corrected chi connectivity index (χ4v) is 11.2. The number of pyridine rings is 1. The van der Waals surface area contributed by atoms with E-state index in [-0.39, 0.29) is 97.0 Å². The van der Waals surface area contributed by atoms with Crippen LogP contribution >= 0.6 is 65.3 Å². The number of amides is 5. The number of likely N-dealkylation sites (N-methyl/N-ethyl adjacent to an activating group) is 1. The molecule has 22 heteroatoms. The minimum Gasteiger partial charge on any atom is -0.464 e. The highest BCUT2D eigenvalue weighted by Gasteiger charge is 2.41. The van der Waals surface area contributed by atoms with Crippen LogP contribution in [0.25, 0.3) is 33.4 Å². The molecule has 73 heavy (non-hydrogen) atoms. The Morgan fingerprint density at radius 1 is 1.04 bits per heavy atom. The lowest BCUT2D eigenvalue weighted by Gasteiger charge is -2.48. The molecule has 402 valence electrons. The average Bonchev–Trinajstić information content (AvgIpc) is 3.93. The van der Waals surface area contributed by atoms with Crippen LogP contribution in [0.2, 0.25) is 0 Å². The van der Waals surface area contributed by atoms with Gasteiger partial charge in [-0.3, -0.25) is 34.1 Å². The molecule has 2 N–H and O–H groups in total. The van der Waals surface area contributed by atoms with Crippen molar-refractivity contribution < 1.29 is 33.4 Å². The SMILES string of the molecule is C=CC(=O)N1CC(N2CCN(C(=O)N(C)[C@H](C(=O)N[C@H]3Cc4nc(cs4)-c4ccc5c(c4)c(c(-c4cccnc4[C@H](C)OC)n5CC)CC(C)(C)COC(=O)[C@@H]4CCCN(N4)C3=O)C(C)C)CC2)C1.S.S.S.S. The summed E-state index contributed by atoms with van der Waals surface area (Å²) >= 11 is 1.42. The van der Waals surface area contributed by atoms with Gasteiger partial charge in [-0.05, 0) is 74.9 Å². The van der Waals surface area contributed by atoms with E-state index in [1.165, 1.54) is 27.3 Å². The topological polar surface area (TPSA) is 175 Å². The molecule has 1 aromatic carbocycles. The number of fused-ring (bicyclic) bond motifs is 6. The Morgan fingerprint density at radius 2 is 1.75 bits per heavy atom. The maximum atomic E-state index is 14.7. The van der Waals surface area contributed by atoms with E-state index in [2.05, 4.69) is 71.8 Å². The molecule has 17 nitrogen and oxygen atoms in total. The summed E-state index contributed by atoms with van der Waals surface area (Å²) in [5.74, 6) is -1.69. The van der Waals surface area contributed by atoms with Crippen molar-refractivity contribution in [2.45, 2.75) is 104 Å². The van der Waals surface area contributed by atoms with Gasteiger partial charge in [0.2, 0.25) is 11.8 Å². The molecule has 5 amide bonds. The van der Waals surface area contributed by atoms with Gasteiger partial charge in [-0.1, -0.05) is 40.3 Å². The molecule has 4 aliphatic heterocycles. The molecule has 8 rings (SSSR count). The van der Waals surface area contributed by atoms with Crippen molar-refractivity contribution in [2.75, 3.05) is 66.6 Å². The van der Waals surface area contributed by atoms with Crippen molar-refractivity contribution >= 4 is 106 Å². The maximum absolute atomic E-state index is 14.7. The number of thiazole rings is 1. The molecular weight excluding hydrogens is 1020 g/mol. The van der Waals surface area contributed by atoms with Crippen molar-refractivity contribution in [1.82, 2.24) is 49.9 Å². The van der Waals surface area contributed by atoms with Crippen molar-refractivity contribution in [3.8, 4) is 22.5 Å². The monoisotopic (exact) mass is 1100 g/mol. The predicted molar refractivity (Wildman–Crippen MR) is 306 cm³/mol. The van der Waals surface area contributed by atoms with Crippen LogP contribution in [-0.2, 0) is 48.0 Å². The molecule has 7 heterocycles. The van der Waals surface area contributed by atoms with Crippen LogP contribution in [0.15, 0.2) is 54.6 Å². The first kappa shape index (κ1) is 61.3. The summed E-state index contributed by atoms with van der Waals surface area (Å²) in [6, 6.07) is 7.66. The Balaban J connectivity index is 0.00000289. The van der Waals surface area contributed by atoms with Gasteiger partial charge >= 0.3 is 12.0 Å². The number of nitrogens with one attached hydrogen (secondary N) is 2. The lowest BCUT2D eigenvalue weighted by Crippen LogP contribution is -2.65. The first-order chi connectivity index (χ1) is 33.0. The van der Waals surface area contributed by atoms with Crippen LogP contribution in [-0.4, -0.2) is 160 Å². The maximum Gasteiger partial charge on any atom is 0.324 e. The van der Waals surface area contributed by atoms with Gasteiger partial charge in [-0.15, -0.1) is 11.3 Å². The Morgan fingerprint density at radius 3 is 2.41 bits per heavy atom. The number of methoxy groups -OCH3 is 1. The summed E-state index contributed by atoms with van der Waals surface area (Å²) in [7, 11) is 3.33. The summed E-state index contributed by atoms with van der Waals surface area (Å²) in [6.07, 6.45) is 4.55. The van der Waals surface area contributed by atoms with Crippen molar-refractivity contribution in [3.63, 3.8) is 0 Å². The van der Waals surface area contributed by atoms with E-state index in [1.807, 2.05) is 32.2 Å². The number of hydrogen-bond acceptors (Lipinski definition) is 12. The average molecular weight is 1100 g/mol. The highest BCUT2D eigenvalue weighted by molar-refractivity contribution is 7.59. The first-order valence-corrected chi connectivity index (χ1v) is 25.2. The van der Waals surface area contributed by atoms with Crippen LogP contribution < -0.4 is 10.7 Å². The number of esters is 1. The molecule has 3 fully saturated rings. The van der Waals surface area contributed by atoms with Crippen LogP contribution in [0.3, 0.4) is 0 Å². The number of hydrogen-bond donors (Lipinski definition) is 2.